The molecule has 0 heterocycles. The van der Waals surface area contributed by atoms with Crippen molar-refractivity contribution in [1.29, 1.82) is 0 Å². The lowest BCUT2D eigenvalue weighted by Crippen LogP contribution is -2.25. The lowest BCUT2D eigenvalue weighted by atomic mass is 9.72. The van der Waals surface area contributed by atoms with Gasteiger partial charge in [-0.05, 0) is 105 Å². The van der Waals surface area contributed by atoms with Crippen LogP contribution >= 0.6 is 0 Å². The number of nitrogens with zero attached hydrogens (tertiary/aromatic N) is 1. The molecule has 8 aromatic carbocycles. The fourth-order valence-electron chi connectivity index (χ4n) is 7.61. The third kappa shape index (κ3) is 5.58. The summed E-state index contributed by atoms with van der Waals surface area (Å²) in [7, 11) is 0. The topological polar surface area (TPSA) is 3.24 Å². The number of fused-ring (bicyclic) bond motifs is 3. The van der Waals surface area contributed by atoms with Gasteiger partial charge in [0.15, 0.2) is 0 Å². The zero-order valence-electron chi connectivity index (χ0n) is 28.7. The van der Waals surface area contributed by atoms with Crippen molar-refractivity contribution in [3.63, 3.8) is 0 Å². The number of anilines is 3. The highest BCUT2D eigenvalue weighted by Gasteiger charge is 2.43. The van der Waals surface area contributed by atoms with Gasteiger partial charge in [0.25, 0.3) is 0 Å². The summed E-state index contributed by atoms with van der Waals surface area (Å²) in [5.74, 6) is 7.52. The molecule has 0 saturated carbocycles. The first-order valence-corrected chi connectivity index (χ1v) is 17.8. The molecule has 1 aliphatic carbocycles. The Morgan fingerprint density at radius 1 is 0.346 bits per heavy atom. The second-order valence-corrected chi connectivity index (χ2v) is 13.2. The van der Waals surface area contributed by atoms with Crippen LogP contribution in [0, 0.1) is 11.8 Å². The van der Waals surface area contributed by atoms with E-state index >= 15 is 0 Å². The summed E-state index contributed by atoms with van der Waals surface area (Å²) in [6, 6.07) is 75.6. The van der Waals surface area contributed by atoms with E-state index in [1.165, 1.54) is 44.5 Å². The molecular formula is C51H35N. The van der Waals surface area contributed by atoms with Crippen molar-refractivity contribution in [3.05, 3.63) is 235 Å². The van der Waals surface area contributed by atoms with E-state index in [0.29, 0.717) is 0 Å². The molecule has 0 fully saturated rings. The van der Waals surface area contributed by atoms with Gasteiger partial charge in [0.05, 0.1) is 0 Å². The monoisotopic (exact) mass is 661 g/mol. The van der Waals surface area contributed by atoms with Gasteiger partial charge < -0.3 is 4.90 Å². The number of rotatable bonds is 6. The molecule has 0 saturated heterocycles. The Morgan fingerprint density at radius 2 is 0.808 bits per heavy atom. The Hall–Kier alpha value is -6.88. The van der Waals surface area contributed by atoms with Crippen LogP contribution in [0.15, 0.2) is 212 Å². The van der Waals surface area contributed by atoms with Crippen molar-refractivity contribution in [3.8, 4) is 45.2 Å². The Kier molecular flexibility index (Phi) is 8.05. The zero-order chi connectivity index (χ0) is 34.7. The second kappa shape index (κ2) is 13.4. The first-order valence-electron chi connectivity index (χ1n) is 17.8. The van der Waals surface area contributed by atoms with Gasteiger partial charge in [-0.3, -0.25) is 0 Å². The molecule has 0 aromatic heterocycles. The minimum Gasteiger partial charge on any atom is -0.311 e. The minimum atomic E-state index is -0.640. The van der Waals surface area contributed by atoms with Crippen molar-refractivity contribution >= 4 is 17.1 Å². The van der Waals surface area contributed by atoms with Crippen molar-refractivity contribution in [2.45, 2.75) is 5.41 Å². The maximum atomic E-state index is 3.88. The maximum absolute atomic E-state index is 3.88. The van der Waals surface area contributed by atoms with Gasteiger partial charge in [-0.15, -0.1) is 0 Å². The molecule has 244 valence electrons. The van der Waals surface area contributed by atoms with Gasteiger partial charge in [-0.2, -0.15) is 0 Å². The Labute approximate surface area is 306 Å². The molecule has 0 N–H and O–H groups in total. The molecule has 0 amide bonds. The average molecular weight is 662 g/mol. The van der Waals surface area contributed by atoms with Crippen LogP contribution < -0.4 is 4.90 Å². The van der Waals surface area contributed by atoms with E-state index in [1.54, 1.807) is 0 Å². The van der Waals surface area contributed by atoms with Crippen LogP contribution in [0.2, 0.25) is 0 Å². The third-order valence-electron chi connectivity index (χ3n) is 10.1. The smallest absolute Gasteiger partial charge is 0.108 e. The zero-order valence-corrected chi connectivity index (χ0v) is 28.7. The molecular weight excluding hydrogens is 627 g/mol. The largest absolute Gasteiger partial charge is 0.311 e. The van der Waals surface area contributed by atoms with Crippen molar-refractivity contribution in [2.75, 3.05) is 4.90 Å². The Bertz CT molecular complexity index is 2490. The summed E-state index contributed by atoms with van der Waals surface area (Å²) >= 11 is 0. The minimum absolute atomic E-state index is 0.640. The molecule has 1 atom stereocenters. The molecule has 0 bridgehead atoms. The van der Waals surface area contributed by atoms with Crippen LogP contribution in [-0.4, -0.2) is 0 Å². The summed E-state index contributed by atoms with van der Waals surface area (Å²) in [6.07, 6.45) is 0. The lowest BCUT2D eigenvalue weighted by Gasteiger charge is -2.28. The summed E-state index contributed by atoms with van der Waals surface area (Å²) in [6.45, 7) is 0. The van der Waals surface area contributed by atoms with E-state index in [-0.39, 0.29) is 0 Å². The number of hydrogen-bond donors (Lipinski definition) is 0. The van der Waals surface area contributed by atoms with E-state index in [2.05, 4.69) is 229 Å². The van der Waals surface area contributed by atoms with Crippen LogP contribution in [0.3, 0.4) is 0 Å². The van der Waals surface area contributed by atoms with Crippen LogP contribution in [-0.2, 0) is 5.41 Å². The second-order valence-electron chi connectivity index (χ2n) is 13.2. The van der Waals surface area contributed by atoms with Gasteiger partial charge in [0.1, 0.15) is 5.41 Å². The van der Waals surface area contributed by atoms with Gasteiger partial charge in [-0.25, -0.2) is 0 Å². The van der Waals surface area contributed by atoms with E-state index in [9.17, 15) is 0 Å². The summed E-state index contributed by atoms with van der Waals surface area (Å²) < 4.78 is 0. The normalized spacial score (nSPS) is 14.1. The van der Waals surface area contributed by atoms with E-state index in [0.717, 1.165) is 28.2 Å². The van der Waals surface area contributed by atoms with Crippen LogP contribution in [0.25, 0.3) is 33.4 Å². The van der Waals surface area contributed by atoms with Gasteiger partial charge in [-0.1, -0.05) is 170 Å². The summed E-state index contributed by atoms with van der Waals surface area (Å²) in [4.78, 5) is 2.30. The SMILES string of the molecule is C(#CC1(c2ccccc2)c2ccccc2-c2ccc(-c3ccc(N(c4ccccc4)c4ccccc4)cc3)cc21)c1ccc(-c2ccccc2)cc1. The van der Waals surface area contributed by atoms with Gasteiger partial charge in [0, 0.05) is 22.6 Å². The van der Waals surface area contributed by atoms with Gasteiger partial charge in [0.2, 0.25) is 0 Å². The molecule has 52 heavy (non-hydrogen) atoms. The summed E-state index contributed by atoms with van der Waals surface area (Å²) in [5.41, 5.74) is 14.5. The molecule has 1 heteroatoms. The number of para-hydroxylation sites is 2. The molecule has 1 aliphatic rings. The Morgan fingerprint density at radius 3 is 1.46 bits per heavy atom. The quantitative estimate of drug-likeness (QED) is 0.160. The first kappa shape index (κ1) is 31.1. The van der Waals surface area contributed by atoms with Crippen molar-refractivity contribution in [1.82, 2.24) is 0 Å². The Balaban J connectivity index is 1.15. The van der Waals surface area contributed by atoms with Crippen molar-refractivity contribution in [2.24, 2.45) is 0 Å². The average Bonchev–Trinajstić information content (AvgIpc) is 3.52. The number of benzene rings is 8. The van der Waals surface area contributed by atoms with Gasteiger partial charge >= 0.3 is 0 Å². The van der Waals surface area contributed by atoms with E-state index in [4.69, 9.17) is 0 Å². The standard InChI is InChI=1S/C51H35N/c1-5-15-39(16-6-1)40-27-25-38(26-28-40)35-36-51(43-17-7-2-8-18-43)49-24-14-13-23-47(49)48-34-31-42(37-50(48)51)41-29-32-46(33-30-41)52(44-19-9-3-10-20-44)45-21-11-4-12-22-45/h1-34,37H. The molecule has 1 nitrogen and oxygen atoms in total. The maximum Gasteiger partial charge on any atom is 0.108 e. The summed E-state index contributed by atoms with van der Waals surface area (Å²) in [5, 5.41) is 0. The van der Waals surface area contributed by atoms with E-state index < -0.39 is 5.41 Å². The van der Waals surface area contributed by atoms with Crippen LogP contribution in [0.4, 0.5) is 17.1 Å². The highest BCUT2D eigenvalue weighted by Crippen LogP contribution is 2.53. The fraction of sp³-hybridized carbons (Fsp3) is 0.0196. The number of hydrogen-bond acceptors (Lipinski definition) is 1. The van der Waals surface area contributed by atoms with Crippen LogP contribution in [0.1, 0.15) is 22.3 Å². The highest BCUT2D eigenvalue weighted by atomic mass is 15.1. The highest BCUT2D eigenvalue weighted by molar-refractivity contribution is 5.88. The van der Waals surface area contributed by atoms with Crippen molar-refractivity contribution < 1.29 is 0 Å². The van der Waals surface area contributed by atoms with Crippen LogP contribution in [0.5, 0.6) is 0 Å². The molecule has 0 radical (unpaired) electrons. The first-order chi connectivity index (χ1) is 25.8. The molecule has 0 aliphatic heterocycles. The molecule has 1 unspecified atom stereocenters. The predicted molar refractivity (Wildman–Crippen MR) is 217 cm³/mol. The third-order valence-corrected chi connectivity index (χ3v) is 10.1. The predicted octanol–water partition coefficient (Wildman–Crippen LogP) is 12.9. The molecule has 0 spiro atoms. The molecule has 8 aromatic rings. The molecule has 9 rings (SSSR count). The fourth-order valence-corrected chi connectivity index (χ4v) is 7.61. The van der Waals surface area contributed by atoms with E-state index in [1.807, 2.05) is 0 Å². The lowest BCUT2D eigenvalue weighted by molar-refractivity contribution is 0.837.